The number of aromatic hydroxyl groups is 1. The zero-order valence-electron chi connectivity index (χ0n) is 11.0. The summed E-state index contributed by atoms with van der Waals surface area (Å²) in [6.45, 7) is 3.92. The van der Waals surface area contributed by atoms with Crippen LogP contribution in [0, 0.1) is 5.41 Å². The number of phenols is 1. The van der Waals surface area contributed by atoms with Gasteiger partial charge in [-0.05, 0) is 30.0 Å². The van der Waals surface area contributed by atoms with Crippen LogP contribution in [-0.4, -0.2) is 31.8 Å². The van der Waals surface area contributed by atoms with Crippen molar-refractivity contribution in [2.45, 2.75) is 25.2 Å². The molecule has 5 N–H and O–H groups in total. The molecule has 0 saturated carbocycles. The molecular weight excluding hydrogens is 268 g/mol. The normalized spacial score (nSPS) is 12.6. The summed E-state index contributed by atoms with van der Waals surface area (Å²) in [4.78, 5) is 0.00241. The first kappa shape index (κ1) is 15.7. The summed E-state index contributed by atoms with van der Waals surface area (Å²) in [5.74, 6) is -0.153. The molecule has 108 valence electrons. The van der Waals surface area contributed by atoms with E-state index in [4.69, 9.17) is 10.8 Å². The molecule has 0 radical (unpaired) electrons. The summed E-state index contributed by atoms with van der Waals surface area (Å²) in [5, 5.41) is 18.2. The average Bonchev–Trinajstić information content (AvgIpc) is 2.30. The molecule has 0 aliphatic carbocycles. The van der Waals surface area contributed by atoms with E-state index in [1.54, 1.807) is 0 Å². The van der Waals surface area contributed by atoms with Gasteiger partial charge in [-0.1, -0.05) is 13.8 Å². The molecule has 0 heterocycles. The second-order valence-electron chi connectivity index (χ2n) is 5.18. The van der Waals surface area contributed by atoms with Gasteiger partial charge in [0.15, 0.2) is 0 Å². The topological polar surface area (TPSA) is 113 Å². The number of nitrogens with one attached hydrogen (secondary N) is 1. The van der Waals surface area contributed by atoms with Gasteiger partial charge >= 0.3 is 0 Å². The summed E-state index contributed by atoms with van der Waals surface area (Å²) in [5.41, 5.74) is 5.14. The highest BCUT2D eigenvalue weighted by Crippen LogP contribution is 2.24. The lowest BCUT2D eigenvalue weighted by Crippen LogP contribution is -2.34. The summed E-state index contributed by atoms with van der Waals surface area (Å²) in [6.07, 6.45) is 0.493. The third-order valence-corrected chi connectivity index (χ3v) is 4.24. The molecule has 0 saturated heterocycles. The highest BCUT2D eigenvalue weighted by molar-refractivity contribution is 7.89. The predicted molar refractivity (Wildman–Crippen MR) is 73.2 cm³/mol. The summed E-state index contributed by atoms with van der Waals surface area (Å²) in [6, 6.07) is 3.73. The van der Waals surface area contributed by atoms with Gasteiger partial charge in [0.05, 0.1) is 10.6 Å². The van der Waals surface area contributed by atoms with Crippen LogP contribution in [0.5, 0.6) is 5.75 Å². The first-order valence-corrected chi connectivity index (χ1v) is 7.35. The lowest BCUT2D eigenvalue weighted by Gasteiger charge is -2.23. The summed E-state index contributed by atoms with van der Waals surface area (Å²) in [7, 11) is -3.67. The van der Waals surface area contributed by atoms with E-state index in [0.717, 1.165) is 0 Å². The van der Waals surface area contributed by atoms with E-state index in [1.807, 2.05) is 13.8 Å². The van der Waals surface area contributed by atoms with Gasteiger partial charge in [0.2, 0.25) is 10.0 Å². The highest BCUT2D eigenvalue weighted by Gasteiger charge is 2.22. The molecule has 0 spiro atoms. The van der Waals surface area contributed by atoms with Crippen LogP contribution in [0.1, 0.15) is 20.3 Å². The van der Waals surface area contributed by atoms with Crippen molar-refractivity contribution in [3.8, 4) is 5.75 Å². The predicted octanol–water partition coefficient (Wildman–Crippen LogP) is 0.661. The van der Waals surface area contributed by atoms with Gasteiger partial charge in [0.1, 0.15) is 5.75 Å². The van der Waals surface area contributed by atoms with Gasteiger partial charge in [-0.15, -0.1) is 0 Å². The number of anilines is 1. The third-order valence-electron chi connectivity index (χ3n) is 2.84. The third kappa shape index (κ3) is 4.38. The van der Waals surface area contributed by atoms with Gasteiger partial charge < -0.3 is 15.9 Å². The number of phenolic OH excluding ortho intramolecular Hbond substituents is 1. The fraction of sp³-hybridized carbons (Fsp3) is 0.500. The van der Waals surface area contributed by atoms with E-state index in [1.165, 1.54) is 18.2 Å². The Morgan fingerprint density at radius 2 is 2.00 bits per heavy atom. The number of aliphatic hydroxyl groups is 1. The molecule has 0 aromatic heterocycles. The fourth-order valence-electron chi connectivity index (χ4n) is 1.46. The van der Waals surface area contributed by atoms with Crippen LogP contribution in [0.25, 0.3) is 0 Å². The standard InChI is InChI=1S/C12H20N2O4S/c1-12(2,5-6-15)8-14-19(17,18)9-3-4-11(16)10(13)7-9/h3-4,7,14-16H,5-6,8,13H2,1-2H3. The van der Waals surface area contributed by atoms with Crippen LogP contribution in [0.2, 0.25) is 0 Å². The molecule has 0 fully saturated rings. The first-order valence-electron chi connectivity index (χ1n) is 5.87. The van der Waals surface area contributed by atoms with E-state index in [2.05, 4.69) is 4.72 Å². The Balaban J connectivity index is 2.84. The number of hydrogen-bond donors (Lipinski definition) is 4. The Kier molecular flexibility index (Phi) is 4.78. The largest absolute Gasteiger partial charge is 0.506 e. The molecule has 1 aromatic rings. The van der Waals surface area contributed by atoms with Gasteiger partial charge in [-0.3, -0.25) is 0 Å². The monoisotopic (exact) mass is 288 g/mol. The Morgan fingerprint density at radius 3 is 2.53 bits per heavy atom. The molecule has 0 aliphatic heterocycles. The first-order chi connectivity index (χ1) is 8.68. The van der Waals surface area contributed by atoms with E-state index in [0.29, 0.717) is 6.42 Å². The van der Waals surface area contributed by atoms with E-state index >= 15 is 0 Å². The van der Waals surface area contributed by atoms with Crippen LogP contribution in [0.15, 0.2) is 23.1 Å². The van der Waals surface area contributed by atoms with Gasteiger partial charge in [-0.2, -0.15) is 0 Å². The van der Waals surface area contributed by atoms with Crippen molar-refractivity contribution < 1.29 is 18.6 Å². The Bertz CT molecular complexity index is 541. The van der Waals surface area contributed by atoms with Crippen molar-refractivity contribution in [3.63, 3.8) is 0 Å². The number of hydrogen-bond acceptors (Lipinski definition) is 5. The maximum Gasteiger partial charge on any atom is 0.240 e. The quantitative estimate of drug-likeness (QED) is 0.454. The van der Waals surface area contributed by atoms with Crippen molar-refractivity contribution >= 4 is 15.7 Å². The van der Waals surface area contributed by atoms with Gasteiger partial charge in [-0.25, -0.2) is 13.1 Å². The summed E-state index contributed by atoms with van der Waals surface area (Å²) >= 11 is 0. The molecule has 0 aliphatic rings. The van der Waals surface area contributed by atoms with Crippen molar-refractivity contribution in [3.05, 3.63) is 18.2 Å². The minimum Gasteiger partial charge on any atom is -0.506 e. The molecular formula is C12H20N2O4S. The maximum atomic E-state index is 12.0. The lowest BCUT2D eigenvalue weighted by molar-refractivity contribution is 0.213. The van der Waals surface area contributed by atoms with Crippen molar-refractivity contribution in [1.82, 2.24) is 4.72 Å². The maximum absolute atomic E-state index is 12.0. The zero-order chi connectivity index (χ0) is 14.7. The Hall–Kier alpha value is -1.31. The van der Waals surface area contributed by atoms with E-state index in [9.17, 15) is 13.5 Å². The molecule has 6 nitrogen and oxygen atoms in total. The molecule has 1 aromatic carbocycles. The van der Waals surface area contributed by atoms with Crippen LogP contribution in [0.4, 0.5) is 5.69 Å². The second kappa shape index (κ2) is 5.77. The molecule has 1 rings (SSSR count). The smallest absolute Gasteiger partial charge is 0.240 e. The number of benzene rings is 1. The molecule has 0 bridgehead atoms. The number of nitrogens with two attached hydrogens (primary N) is 1. The number of rotatable bonds is 6. The van der Waals surface area contributed by atoms with E-state index in [-0.39, 0.29) is 34.9 Å². The van der Waals surface area contributed by atoms with Gasteiger partial charge in [0.25, 0.3) is 0 Å². The van der Waals surface area contributed by atoms with Crippen molar-refractivity contribution in [2.24, 2.45) is 5.41 Å². The van der Waals surface area contributed by atoms with Gasteiger partial charge in [0, 0.05) is 13.2 Å². The van der Waals surface area contributed by atoms with Crippen LogP contribution < -0.4 is 10.5 Å². The zero-order valence-corrected chi connectivity index (χ0v) is 11.9. The minimum atomic E-state index is -3.67. The van der Waals surface area contributed by atoms with Crippen LogP contribution >= 0.6 is 0 Å². The summed E-state index contributed by atoms with van der Waals surface area (Å²) < 4.78 is 26.5. The number of nitrogen functional groups attached to an aromatic ring is 1. The molecule has 0 atom stereocenters. The van der Waals surface area contributed by atoms with Crippen LogP contribution in [0.3, 0.4) is 0 Å². The highest BCUT2D eigenvalue weighted by atomic mass is 32.2. The average molecular weight is 288 g/mol. The van der Waals surface area contributed by atoms with Crippen molar-refractivity contribution in [1.29, 1.82) is 0 Å². The molecule has 19 heavy (non-hydrogen) atoms. The SMILES string of the molecule is CC(C)(CCO)CNS(=O)(=O)c1ccc(O)c(N)c1. The van der Waals surface area contributed by atoms with E-state index < -0.39 is 10.0 Å². The molecule has 0 amide bonds. The van der Waals surface area contributed by atoms with Crippen molar-refractivity contribution in [2.75, 3.05) is 18.9 Å². The number of sulfonamides is 1. The Labute approximate surface area is 113 Å². The fourth-order valence-corrected chi connectivity index (χ4v) is 2.74. The second-order valence-corrected chi connectivity index (χ2v) is 6.95. The molecule has 0 unspecified atom stereocenters. The number of aliphatic hydroxyl groups excluding tert-OH is 1. The van der Waals surface area contributed by atoms with Crippen LogP contribution in [-0.2, 0) is 10.0 Å². The lowest BCUT2D eigenvalue weighted by atomic mass is 9.90. The molecule has 7 heteroatoms. The minimum absolute atomic E-state index is 0.000878. The Morgan fingerprint density at radius 1 is 1.37 bits per heavy atom.